The summed E-state index contributed by atoms with van der Waals surface area (Å²) in [4.78, 5) is 15.3. The van der Waals surface area contributed by atoms with E-state index in [2.05, 4.69) is 10.3 Å². The van der Waals surface area contributed by atoms with Crippen molar-refractivity contribution < 1.29 is 13.2 Å². The molecule has 0 heterocycles. The molecule has 0 aliphatic carbocycles. The summed E-state index contributed by atoms with van der Waals surface area (Å²) in [5.74, 6) is -1.14. The Labute approximate surface area is 160 Å². The van der Waals surface area contributed by atoms with E-state index in [1.165, 1.54) is 18.2 Å². The first kappa shape index (κ1) is 20.0. The molecule has 2 aromatic carbocycles. The summed E-state index contributed by atoms with van der Waals surface area (Å²) in [6.07, 6.45) is 1.04. The number of amides is 1. The smallest absolute Gasteiger partial charge is 0.280 e. The molecule has 138 valence electrons. The van der Waals surface area contributed by atoms with E-state index >= 15 is 0 Å². The minimum absolute atomic E-state index is 0.0499. The SMILES string of the molecule is CS(=O)(=O)c1cc(C(=O)N=C(N)N)ccc1NCc1ccc(Cl)cc1Cl. The maximum atomic E-state index is 12.1. The van der Waals surface area contributed by atoms with Crippen molar-refractivity contribution in [3.63, 3.8) is 0 Å². The standard InChI is InChI=1S/C16H16Cl2N4O3S/c1-26(24,25)14-6-9(15(23)22-16(19)20)3-5-13(14)21-8-10-2-4-11(17)7-12(10)18/h2-7,21H,8H2,1H3,(H4,19,20,22,23). The summed E-state index contributed by atoms with van der Waals surface area (Å²) in [6, 6.07) is 9.11. The highest BCUT2D eigenvalue weighted by molar-refractivity contribution is 7.90. The minimum atomic E-state index is -3.62. The molecule has 0 fully saturated rings. The Hall–Kier alpha value is -2.29. The molecular formula is C16H16Cl2N4O3S. The summed E-state index contributed by atoms with van der Waals surface area (Å²) in [5.41, 5.74) is 11.5. The Balaban J connectivity index is 2.36. The Morgan fingerprint density at radius 2 is 1.85 bits per heavy atom. The molecule has 0 aliphatic heterocycles. The van der Waals surface area contributed by atoms with Crippen LogP contribution in [-0.4, -0.2) is 26.5 Å². The zero-order valence-corrected chi connectivity index (χ0v) is 16.0. The van der Waals surface area contributed by atoms with Gasteiger partial charge in [-0.05, 0) is 35.9 Å². The molecule has 0 aliphatic rings. The summed E-state index contributed by atoms with van der Waals surface area (Å²) in [7, 11) is -3.62. The number of hydrogen-bond donors (Lipinski definition) is 3. The molecule has 0 radical (unpaired) electrons. The van der Waals surface area contributed by atoms with Crippen molar-refractivity contribution in [2.45, 2.75) is 11.4 Å². The second kappa shape index (κ2) is 7.94. The van der Waals surface area contributed by atoms with E-state index < -0.39 is 21.7 Å². The first-order chi connectivity index (χ1) is 12.1. The number of nitrogens with two attached hydrogens (primary N) is 2. The average molecular weight is 415 g/mol. The van der Waals surface area contributed by atoms with Crippen LogP contribution in [0.15, 0.2) is 46.3 Å². The fourth-order valence-corrected chi connectivity index (χ4v) is 3.50. The molecule has 7 nitrogen and oxygen atoms in total. The van der Waals surface area contributed by atoms with E-state index in [0.29, 0.717) is 15.7 Å². The third-order valence-electron chi connectivity index (χ3n) is 3.34. The van der Waals surface area contributed by atoms with Crippen LogP contribution >= 0.6 is 23.2 Å². The van der Waals surface area contributed by atoms with Gasteiger partial charge < -0.3 is 16.8 Å². The molecule has 0 spiro atoms. The maximum Gasteiger partial charge on any atom is 0.280 e. The third-order valence-corrected chi connectivity index (χ3v) is 5.07. The molecule has 0 saturated heterocycles. The lowest BCUT2D eigenvalue weighted by atomic mass is 10.1. The van der Waals surface area contributed by atoms with Crippen LogP contribution in [0.3, 0.4) is 0 Å². The fraction of sp³-hybridized carbons (Fsp3) is 0.125. The van der Waals surface area contributed by atoms with E-state index in [9.17, 15) is 13.2 Å². The van der Waals surface area contributed by atoms with Crippen molar-refractivity contribution >= 4 is 50.6 Å². The predicted octanol–water partition coefficient (Wildman–Crippen LogP) is 2.42. The topological polar surface area (TPSA) is 128 Å². The molecule has 0 saturated carbocycles. The van der Waals surface area contributed by atoms with E-state index in [0.717, 1.165) is 11.8 Å². The second-order valence-corrected chi connectivity index (χ2v) is 8.24. The monoisotopic (exact) mass is 414 g/mol. The van der Waals surface area contributed by atoms with Gasteiger partial charge in [0.05, 0.1) is 10.6 Å². The molecule has 0 unspecified atom stereocenters. The van der Waals surface area contributed by atoms with Gasteiger partial charge in [-0.15, -0.1) is 0 Å². The zero-order chi connectivity index (χ0) is 19.5. The molecule has 0 atom stereocenters. The molecule has 2 aromatic rings. The molecule has 26 heavy (non-hydrogen) atoms. The Bertz CT molecular complexity index is 987. The Kier molecular flexibility index (Phi) is 6.12. The van der Waals surface area contributed by atoms with Crippen molar-refractivity contribution in [1.82, 2.24) is 0 Å². The van der Waals surface area contributed by atoms with Gasteiger partial charge in [0, 0.05) is 28.4 Å². The molecule has 1 amide bonds. The van der Waals surface area contributed by atoms with Gasteiger partial charge in [-0.3, -0.25) is 4.79 Å². The highest BCUT2D eigenvalue weighted by atomic mass is 35.5. The zero-order valence-electron chi connectivity index (χ0n) is 13.7. The number of benzene rings is 2. The van der Waals surface area contributed by atoms with Crippen molar-refractivity contribution in [2.75, 3.05) is 11.6 Å². The molecule has 0 bridgehead atoms. The summed E-state index contributed by atoms with van der Waals surface area (Å²) < 4.78 is 24.2. The lowest BCUT2D eigenvalue weighted by molar-refractivity contribution is 0.100. The van der Waals surface area contributed by atoms with Crippen molar-refractivity contribution in [2.24, 2.45) is 16.5 Å². The Morgan fingerprint density at radius 3 is 2.42 bits per heavy atom. The van der Waals surface area contributed by atoms with Gasteiger partial charge in [-0.2, -0.15) is 4.99 Å². The number of nitrogens with zero attached hydrogens (tertiary/aromatic N) is 1. The van der Waals surface area contributed by atoms with Gasteiger partial charge >= 0.3 is 0 Å². The van der Waals surface area contributed by atoms with Crippen LogP contribution in [0.4, 0.5) is 5.69 Å². The van der Waals surface area contributed by atoms with Gasteiger partial charge in [0.25, 0.3) is 5.91 Å². The van der Waals surface area contributed by atoms with Gasteiger partial charge in [-0.1, -0.05) is 29.3 Å². The van der Waals surface area contributed by atoms with Crippen LogP contribution in [0.5, 0.6) is 0 Å². The summed E-state index contributed by atoms with van der Waals surface area (Å²) >= 11 is 12.0. The normalized spacial score (nSPS) is 11.0. The first-order valence-electron chi connectivity index (χ1n) is 7.24. The lowest BCUT2D eigenvalue weighted by Crippen LogP contribution is -2.24. The average Bonchev–Trinajstić information content (AvgIpc) is 2.52. The van der Waals surface area contributed by atoms with Crippen LogP contribution in [0, 0.1) is 0 Å². The number of halogens is 2. The molecule has 0 aromatic heterocycles. The Morgan fingerprint density at radius 1 is 1.15 bits per heavy atom. The highest BCUT2D eigenvalue weighted by Crippen LogP contribution is 2.26. The van der Waals surface area contributed by atoms with Crippen molar-refractivity contribution in [1.29, 1.82) is 0 Å². The van der Waals surface area contributed by atoms with E-state index in [-0.39, 0.29) is 17.0 Å². The van der Waals surface area contributed by atoms with E-state index in [1.54, 1.807) is 18.2 Å². The summed E-state index contributed by atoms with van der Waals surface area (Å²) in [5, 5.41) is 3.95. The van der Waals surface area contributed by atoms with Gasteiger partial charge in [-0.25, -0.2) is 8.42 Å². The number of nitrogens with one attached hydrogen (secondary N) is 1. The number of carbonyl (C=O) groups is 1. The number of anilines is 1. The quantitative estimate of drug-likeness (QED) is 0.508. The number of aliphatic imine (C=N–C) groups is 1. The van der Waals surface area contributed by atoms with Crippen LogP contribution in [0.2, 0.25) is 10.0 Å². The number of carbonyl (C=O) groups excluding carboxylic acids is 1. The lowest BCUT2D eigenvalue weighted by Gasteiger charge is -2.13. The fourth-order valence-electron chi connectivity index (χ4n) is 2.15. The third kappa shape index (κ3) is 5.10. The van der Waals surface area contributed by atoms with Gasteiger partial charge in [0.1, 0.15) is 0 Å². The predicted molar refractivity (Wildman–Crippen MR) is 103 cm³/mol. The van der Waals surface area contributed by atoms with Crippen molar-refractivity contribution in [3.8, 4) is 0 Å². The number of rotatable bonds is 5. The number of sulfone groups is 1. The second-order valence-electron chi connectivity index (χ2n) is 5.41. The molecule has 10 heteroatoms. The minimum Gasteiger partial charge on any atom is -0.380 e. The van der Waals surface area contributed by atoms with E-state index in [4.69, 9.17) is 34.7 Å². The maximum absolute atomic E-state index is 12.1. The summed E-state index contributed by atoms with van der Waals surface area (Å²) in [6.45, 7) is 0.264. The van der Waals surface area contributed by atoms with Crippen molar-refractivity contribution in [3.05, 3.63) is 57.6 Å². The van der Waals surface area contributed by atoms with Crippen LogP contribution in [0.25, 0.3) is 0 Å². The van der Waals surface area contributed by atoms with Crippen LogP contribution in [-0.2, 0) is 16.4 Å². The van der Waals surface area contributed by atoms with Gasteiger partial charge in [0.15, 0.2) is 15.8 Å². The van der Waals surface area contributed by atoms with E-state index in [1.807, 2.05) is 0 Å². The first-order valence-corrected chi connectivity index (χ1v) is 9.88. The molecule has 2 rings (SSSR count). The number of hydrogen-bond acceptors (Lipinski definition) is 4. The van der Waals surface area contributed by atoms with Crippen LogP contribution < -0.4 is 16.8 Å². The van der Waals surface area contributed by atoms with Gasteiger partial charge in [0.2, 0.25) is 0 Å². The van der Waals surface area contributed by atoms with Crippen LogP contribution in [0.1, 0.15) is 15.9 Å². The highest BCUT2D eigenvalue weighted by Gasteiger charge is 2.17. The molecular weight excluding hydrogens is 399 g/mol. The molecule has 5 N–H and O–H groups in total. The largest absolute Gasteiger partial charge is 0.380 e. The number of guanidine groups is 1.